The third kappa shape index (κ3) is 3.22. The summed E-state index contributed by atoms with van der Waals surface area (Å²) >= 11 is 0.811. The van der Waals surface area contributed by atoms with Crippen LogP contribution in [-0.2, 0) is 4.79 Å². The van der Waals surface area contributed by atoms with Crippen molar-refractivity contribution < 1.29 is 9.18 Å². The summed E-state index contributed by atoms with van der Waals surface area (Å²) in [6, 6.07) is 9.60. The number of carbonyl (C=O) groups is 1. The molecule has 4 heteroatoms. The Morgan fingerprint density at radius 3 is 2.53 bits per heavy atom. The molecule has 0 unspecified atom stereocenters. The average Bonchev–Trinajstić information content (AvgIpc) is 2.40. The zero-order valence-corrected chi connectivity index (χ0v) is 10.5. The van der Waals surface area contributed by atoms with Gasteiger partial charge in [0.05, 0.1) is 0 Å². The minimum atomic E-state index is -0.599. The topological polar surface area (TPSA) is 20.3 Å². The first-order valence-corrected chi connectivity index (χ1v) is 6.82. The van der Waals surface area contributed by atoms with Crippen LogP contribution in [0.25, 0.3) is 0 Å². The van der Waals surface area contributed by atoms with Crippen molar-refractivity contribution in [2.45, 2.75) is 12.8 Å². The van der Waals surface area contributed by atoms with E-state index >= 15 is 0 Å². The summed E-state index contributed by atoms with van der Waals surface area (Å²) in [5.41, 5.74) is 1.21. The van der Waals surface area contributed by atoms with Gasteiger partial charge in [-0.15, -0.1) is 0 Å². The van der Waals surface area contributed by atoms with Gasteiger partial charge in [0.1, 0.15) is 6.01 Å². The molecule has 0 amide bonds. The van der Waals surface area contributed by atoms with Gasteiger partial charge >= 0.3 is 0 Å². The summed E-state index contributed by atoms with van der Waals surface area (Å²) in [5.74, 6) is 0.0377. The maximum atomic E-state index is 12.1. The molecule has 92 valence electrons. The van der Waals surface area contributed by atoms with E-state index in [9.17, 15) is 9.18 Å². The van der Waals surface area contributed by atoms with Crippen molar-refractivity contribution in [2.24, 2.45) is 5.92 Å². The third-order valence-electron chi connectivity index (χ3n) is 3.15. The first-order chi connectivity index (χ1) is 8.31. The largest absolute Gasteiger partial charge is 0.371 e. The third-order valence-corrected chi connectivity index (χ3v) is 3.87. The first-order valence-electron chi connectivity index (χ1n) is 5.84. The van der Waals surface area contributed by atoms with Crippen LogP contribution in [-0.4, -0.2) is 24.2 Å². The van der Waals surface area contributed by atoms with Crippen molar-refractivity contribution in [3.05, 3.63) is 30.3 Å². The summed E-state index contributed by atoms with van der Waals surface area (Å²) < 4.78 is 12.1. The number of halogens is 1. The van der Waals surface area contributed by atoms with E-state index in [-0.39, 0.29) is 11.0 Å². The molecule has 17 heavy (non-hydrogen) atoms. The normalized spacial score (nSPS) is 17.1. The molecular weight excluding hydrogens is 237 g/mol. The molecule has 1 saturated heterocycles. The Labute approximate surface area is 105 Å². The van der Waals surface area contributed by atoms with Gasteiger partial charge in [-0.2, -0.15) is 0 Å². The van der Waals surface area contributed by atoms with Gasteiger partial charge in [-0.1, -0.05) is 30.0 Å². The Balaban J connectivity index is 1.88. The number of rotatable bonds is 3. The summed E-state index contributed by atoms with van der Waals surface area (Å²) in [6.45, 7) is 1.76. The second kappa shape index (κ2) is 6.05. The highest BCUT2D eigenvalue weighted by Crippen LogP contribution is 2.26. The molecule has 0 aliphatic carbocycles. The molecule has 2 nitrogen and oxygen atoms in total. The van der Waals surface area contributed by atoms with Crippen LogP contribution in [0, 0.1) is 5.92 Å². The van der Waals surface area contributed by atoms with E-state index < -0.39 is 6.01 Å². The number of thioether (sulfide) groups is 1. The van der Waals surface area contributed by atoms with E-state index in [2.05, 4.69) is 17.0 Å². The number of nitrogens with zero attached hydrogens (tertiary/aromatic N) is 1. The quantitative estimate of drug-likeness (QED) is 0.825. The molecule has 1 aromatic rings. The van der Waals surface area contributed by atoms with Crippen molar-refractivity contribution in [1.29, 1.82) is 0 Å². The number of para-hydroxylation sites is 1. The minimum absolute atomic E-state index is 0.0141. The van der Waals surface area contributed by atoms with E-state index in [0.29, 0.717) is 0 Å². The molecule has 1 aliphatic heterocycles. The van der Waals surface area contributed by atoms with Crippen molar-refractivity contribution in [1.82, 2.24) is 0 Å². The summed E-state index contributed by atoms with van der Waals surface area (Å²) in [7, 11) is 0. The molecule has 0 saturated carbocycles. The second-order valence-corrected chi connectivity index (χ2v) is 5.08. The molecule has 1 heterocycles. The van der Waals surface area contributed by atoms with E-state index in [1.54, 1.807) is 0 Å². The Morgan fingerprint density at radius 1 is 1.29 bits per heavy atom. The highest BCUT2D eigenvalue weighted by atomic mass is 32.2. The lowest BCUT2D eigenvalue weighted by Gasteiger charge is -2.32. The summed E-state index contributed by atoms with van der Waals surface area (Å²) in [4.78, 5) is 13.8. The monoisotopic (exact) mass is 253 g/mol. The molecule has 0 radical (unpaired) electrons. The fourth-order valence-electron chi connectivity index (χ4n) is 2.18. The number of benzene rings is 1. The van der Waals surface area contributed by atoms with Gasteiger partial charge in [0.2, 0.25) is 0 Å². The van der Waals surface area contributed by atoms with Crippen LogP contribution in [0.5, 0.6) is 0 Å². The zero-order chi connectivity index (χ0) is 12.1. The molecule has 0 N–H and O–H groups in total. The van der Waals surface area contributed by atoms with Crippen LogP contribution < -0.4 is 4.90 Å². The first kappa shape index (κ1) is 12.4. The zero-order valence-electron chi connectivity index (χ0n) is 9.64. The number of alkyl halides is 1. The molecule has 1 aliphatic rings. The van der Waals surface area contributed by atoms with Gasteiger partial charge in [0, 0.05) is 24.7 Å². The Morgan fingerprint density at radius 2 is 1.94 bits per heavy atom. The van der Waals surface area contributed by atoms with Gasteiger partial charge in [0.15, 0.2) is 5.12 Å². The molecule has 0 spiro atoms. The molecule has 1 aromatic carbocycles. The maximum Gasteiger partial charge on any atom is 0.194 e. The van der Waals surface area contributed by atoms with Crippen molar-refractivity contribution >= 4 is 22.6 Å². The molecule has 0 aromatic heterocycles. The lowest BCUT2D eigenvalue weighted by molar-refractivity contribution is -0.114. The predicted molar refractivity (Wildman–Crippen MR) is 70.0 cm³/mol. The fourth-order valence-corrected chi connectivity index (χ4v) is 2.76. The van der Waals surface area contributed by atoms with Gasteiger partial charge in [-0.3, -0.25) is 4.79 Å². The van der Waals surface area contributed by atoms with Crippen LogP contribution in [0.1, 0.15) is 12.8 Å². The maximum absolute atomic E-state index is 12.1. The smallest absolute Gasteiger partial charge is 0.194 e. The Hall–Kier alpha value is -1.03. The van der Waals surface area contributed by atoms with Gasteiger partial charge in [0.25, 0.3) is 0 Å². The predicted octanol–water partition coefficient (Wildman–Crippen LogP) is 3.09. The van der Waals surface area contributed by atoms with Crippen LogP contribution in [0.15, 0.2) is 30.3 Å². The fraction of sp³-hybridized carbons (Fsp3) is 0.462. The van der Waals surface area contributed by atoms with Gasteiger partial charge < -0.3 is 4.90 Å². The SMILES string of the molecule is O=C(SCF)C1CCN(c2ccccc2)CC1. The van der Waals surface area contributed by atoms with Crippen molar-refractivity contribution in [3.63, 3.8) is 0 Å². The van der Waals surface area contributed by atoms with Crippen LogP contribution in [0.4, 0.5) is 10.1 Å². The number of carbonyl (C=O) groups excluding carboxylic acids is 1. The lowest BCUT2D eigenvalue weighted by atomic mass is 9.98. The molecular formula is C13H16FNOS. The highest BCUT2D eigenvalue weighted by molar-refractivity contribution is 8.13. The van der Waals surface area contributed by atoms with Crippen LogP contribution in [0.3, 0.4) is 0 Å². The van der Waals surface area contributed by atoms with Gasteiger partial charge in [-0.05, 0) is 25.0 Å². The number of hydrogen-bond acceptors (Lipinski definition) is 3. The molecule has 0 bridgehead atoms. The minimum Gasteiger partial charge on any atom is -0.371 e. The number of anilines is 1. The Kier molecular flexibility index (Phi) is 4.42. The number of hydrogen-bond donors (Lipinski definition) is 0. The highest BCUT2D eigenvalue weighted by Gasteiger charge is 2.25. The number of piperidine rings is 1. The summed E-state index contributed by atoms with van der Waals surface area (Å²) in [5, 5.41) is 0.0141. The average molecular weight is 253 g/mol. The lowest BCUT2D eigenvalue weighted by Crippen LogP contribution is -2.35. The molecule has 2 rings (SSSR count). The van der Waals surface area contributed by atoms with E-state index in [1.165, 1.54) is 5.69 Å². The molecule has 0 atom stereocenters. The van der Waals surface area contributed by atoms with E-state index in [1.807, 2.05) is 18.2 Å². The van der Waals surface area contributed by atoms with Crippen LogP contribution in [0.2, 0.25) is 0 Å². The molecule has 1 fully saturated rings. The van der Waals surface area contributed by atoms with E-state index in [0.717, 1.165) is 37.7 Å². The van der Waals surface area contributed by atoms with Crippen LogP contribution >= 0.6 is 11.8 Å². The second-order valence-electron chi connectivity index (χ2n) is 4.17. The van der Waals surface area contributed by atoms with Crippen molar-refractivity contribution in [2.75, 3.05) is 24.0 Å². The summed E-state index contributed by atoms with van der Waals surface area (Å²) in [6.07, 6.45) is 1.67. The Bertz CT molecular complexity index is 363. The van der Waals surface area contributed by atoms with Gasteiger partial charge in [-0.25, -0.2) is 4.39 Å². The van der Waals surface area contributed by atoms with E-state index in [4.69, 9.17) is 0 Å². The standard InChI is InChI=1S/C13H16FNOS/c14-10-17-13(16)11-6-8-15(9-7-11)12-4-2-1-3-5-12/h1-5,11H,6-10H2. The van der Waals surface area contributed by atoms with Crippen molar-refractivity contribution in [3.8, 4) is 0 Å².